The zero-order chi connectivity index (χ0) is 42.6. The Morgan fingerprint density at radius 1 is 0.712 bits per heavy atom. The molecule has 0 atom stereocenters. The fraction of sp³-hybridized carbons (Fsp3) is 0.426. The van der Waals surface area contributed by atoms with Crippen LogP contribution in [-0.2, 0) is 13.6 Å². The minimum absolute atomic E-state index is 0.148. The van der Waals surface area contributed by atoms with Crippen LogP contribution in [0, 0.1) is 0 Å². The van der Waals surface area contributed by atoms with Crippen molar-refractivity contribution in [1.82, 2.24) is 9.38 Å². The summed E-state index contributed by atoms with van der Waals surface area (Å²) in [6.45, 7) is 29.0. The second-order valence-corrected chi connectivity index (χ2v) is 28.2. The summed E-state index contributed by atoms with van der Waals surface area (Å²) in [6.07, 6.45) is 1.82. The summed E-state index contributed by atoms with van der Waals surface area (Å²) in [5, 5.41) is 3.14. The number of benzene rings is 2. The maximum atomic E-state index is 13.7. The smallest absolute Gasteiger partial charge is 0.298 e. The number of Topliss-reactive ketones (excluding diaryl/α,β-unsaturated/α-hetero) is 1. The molecule has 12 heteroatoms. The van der Waals surface area contributed by atoms with Crippen LogP contribution >= 0.6 is 0 Å². The zero-order valence-corrected chi connectivity index (χ0v) is 38.8. The van der Waals surface area contributed by atoms with Gasteiger partial charge in [-0.05, 0) is 96.4 Å². The van der Waals surface area contributed by atoms with Gasteiger partial charge in [-0.1, -0.05) is 84.0 Å². The number of nitrogens with one attached hydrogen (secondary N) is 1. The first-order chi connectivity index (χ1) is 27.8. The number of rotatable bonds is 15. The van der Waals surface area contributed by atoms with Crippen molar-refractivity contribution in [2.24, 2.45) is 0 Å². The molecule has 0 bridgehead atoms. The molecule has 1 aliphatic heterocycles. The molecule has 1 saturated heterocycles. The van der Waals surface area contributed by atoms with E-state index in [2.05, 4.69) is 106 Å². The molecule has 1 aliphatic rings. The number of carbonyl (C=O) groups is 2. The quantitative estimate of drug-likeness (QED) is 0.0634. The van der Waals surface area contributed by atoms with Gasteiger partial charge < -0.3 is 33.3 Å². The van der Waals surface area contributed by atoms with E-state index in [1.807, 2.05) is 85.1 Å². The van der Waals surface area contributed by atoms with Gasteiger partial charge in [0.2, 0.25) is 0 Å². The first-order valence-corrected chi connectivity index (χ1v) is 26.8. The Labute approximate surface area is 353 Å². The summed E-state index contributed by atoms with van der Waals surface area (Å²) in [5.74, 6) is 0.652. The third-order valence-electron chi connectivity index (χ3n) is 12.6. The molecule has 5 aromatic rings. The van der Waals surface area contributed by atoms with E-state index >= 15 is 0 Å². The molecule has 3 aromatic heterocycles. The third-order valence-corrected chi connectivity index (χ3v) is 21.7. The molecule has 6 rings (SSSR count). The van der Waals surface area contributed by atoms with Crippen LogP contribution in [0.2, 0.25) is 36.3 Å². The molecule has 2 aromatic carbocycles. The highest BCUT2D eigenvalue weighted by Crippen LogP contribution is 2.38. The van der Waals surface area contributed by atoms with E-state index in [-0.39, 0.29) is 10.1 Å². The van der Waals surface area contributed by atoms with Crippen LogP contribution in [0.5, 0.6) is 0 Å². The summed E-state index contributed by atoms with van der Waals surface area (Å²) < 4.78 is 15.0. The number of carbonyl (C=O) groups excluding carboxylic acids is 2. The number of hydrogen-bond donors (Lipinski definition) is 1. The molecule has 0 aliphatic carbocycles. The van der Waals surface area contributed by atoms with Crippen molar-refractivity contribution in [3.63, 3.8) is 0 Å². The van der Waals surface area contributed by atoms with Gasteiger partial charge in [0.25, 0.3) is 11.7 Å². The fourth-order valence-electron chi connectivity index (χ4n) is 6.80. The highest BCUT2D eigenvalue weighted by molar-refractivity contribution is 6.74. The van der Waals surface area contributed by atoms with Crippen LogP contribution in [-0.4, -0.2) is 90.2 Å². The zero-order valence-electron chi connectivity index (χ0n) is 36.8. The topological polar surface area (TPSA) is 91.7 Å². The van der Waals surface area contributed by atoms with Crippen LogP contribution in [0.4, 0.5) is 23.0 Å². The van der Waals surface area contributed by atoms with Gasteiger partial charge in [0.15, 0.2) is 16.6 Å². The van der Waals surface area contributed by atoms with Gasteiger partial charge >= 0.3 is 0 Å². The number of amides is 1. The SMILES string of the molecule is CC(C)(C)[Si](C)(C)OCCN(CCO[Si](C)(C)C(C)(C)C)c1cccc(N2CCN(c3ccc(NC(=O)C(=O)c4c(-c5ccccc5)cc5ccccn45)cc3)CC2)n1. The fourth-order valence-corrected chi connectivity index (χ4v) is 8.87. The Hall–Kier alpha value is -4.76. The molecule has 1 N–H and O–H groups in total. The minimum Gasteiger partial charge on any atom is -0.415 e. The summed E-state index contributed by atoms with van der Waals surface area (Å²) in [5.41, 5.74) is 4.44. The number of hydrogen-bond acceptors (Lipinski definition) is 8. The first kappa shape index (κ1) is 43.8. The number of piperazine rings is 1. The number of pyridine rings is 2. The second-order valence-electron chi connectivity index (χ2n) is 18.6. The largest absolute Gasteiger partial charge is 0.415 e. The van der Waals surface area contributed by atoms with Crippen molar-refractivity contribution in [3.8, 4) is 11.1 Å². The van der Waals surface area contributed by atoms with Gasteiger partial charge in [-0.15, -0.1) is 0 Å². The van der Waals surface area contributed by atoms with E-state index in [0.717, 1.165) is 73.2 Å². The number of anilines is 4. The minimum atomic E-state index is -1.90. The molecule has 0 spiro atoms. The van der Waals surface area contributed by atoms with Gasteiger partial charge in [0, 0.05) is 67.9 Å². The average Bonchev–Trinajstić information content (AvgIpc) is 3.59. The van der Waals surface area contributed by atoms with E-state index < -0.39 is 28.3 Å². The predicted octanol–water partition coefficient (Wildman–Crippen LogP) is 10.00. The molecule has 1 fully saturated rings. The lowest BCUT2D eigenvalue weighted by Crippen LogP contribution is -2.47. The Morgan fingerprint density at radius 2 is 1.29 bits per heavy atom. The van der Waals surface area contributed by atoms with Crippen molar-refractivity contribution in [3.05, 3.63) is 109 Å². The highest BCUT2D eigenvalue weighted by atomic mass is 28.4. The van der Waals surface area contributed by atoms with Gasteiger partial charge in [-0.3, -0.25) is 9.59 Å². The predicted molar refractivity (Wildman–Crippen MR) is 249 cm³/mol. The molecule has 4 heterocycles. The molecule has 0 saturated carbocycles. The molecular formula is C47H64N6O4Si2. The van der Waals surface area contributed by atoms with Crippen molar-refractivity contribution in [2.45, 2.75) is 77.8 Å². The molecule has 59 heavy (non-hydrogen) atoms. The number of nitrogens with zero attached hydrogens (tertiary/aromatic N) is 5. The van der Waals surface area contributed by atoms with Crippen molar-refractivity contribution in [1.29, 1.82) is 0 Å². The Balaban J connectivity index is 1.08. The Morgan fingerprint density at radius 3 is 1.88 bits per heavy atom. The highest BCUT2D eigenvalue weighted by Gasteiger charge is 2.38. The van der Waals surface area contributed by atoms with Gasteiger partial charge in [-0.2, -0.15) is 0 Å². The first-order valence-electron chi connectivity index (χ1n) is 21.0. The van der Waals surface area contributed by atoms with Gasteiger partial charge in [-0.25, -0.2) is 4.98 Å². The molecular weight excluding hydrogens is 769 g/mol. The van der Waals surface area contributed by atoms with Crippen molar-refractivity contribution >= 4 is 56.9 Å². The van der Waals surface area contributed by atoms with Crippen LogP contribution in [0.3, 0.4) is 0 Å². The van der Waals surface area contributed by atoms with Crippen LogP contribution in [0.1, 0.15) is 52.0 Å². The maximum absolute atomic E-state index is 13.7. The molecule has 0 unspecified atom stereocenters. The van der Waals surface area contributed by atoms with E-state index in [0.29, 0.717) is 24.6 Å². The Bertz CT molecular complexity index is 2170. The van der Waals surface area contributed by atoms with Crippen LogP contribution in [0.25, 0.3) is 16.6 Å². The molecule has 10 nitrogen and oxygen atoms in total. The Kier molecular flexibility index (Phi) is 13.3. The summed E-state index contributed by atoms with van der Waals surface area (Å²) in [7, 11) is -3.79. The third kappa shape index (κ3) is 10.3. The lowest BCUT2D eigenvalue weighted by atomic mass is 10.0. The summed E-state index contributed by atoms with van der Waals surface area (Å²) >= 11 is 0. The van der Waals surface area contributed by atoms with E-state index in [9.17, 15) is 9.59 Å². The standard InChI is InChI=1S/C47H64N6O4Si2/c1-46(2,3)58(7,8)56-33-31-52(32-34-57-59(9,10)47(4,5)6)42-21-16-20-41(49-42)51-29-27-50(28-30-51)38-24-22-37(23-25-38)48-45(55)44(54)43-40(36-17-12-11-13-18-36)35-39-19-14-15-26-53(39)43/h11-26,35H,27-34H2,1-10H3,(H,48,55). The second kappa shape index (κ2) is 17.8. The normalized spacial score (nSPS) is 14.1. The number of fused-ring (bicyclic) bond motifs is 1. The maximum Gasteiger partial charge on any atom is 0.298 e. The average molecular weight is 833 g/mol. The van der Waals surface area contributed by atoms with E-state index in [4.69, 9.17) is 13.8 Å². The number of ketones is 1. The molecule has 314 valence electrons. The van der Waals surface area contributed by atoms with Crippen molar-refractivity contribution in [2.75, 3.05) is 72.5 Å². The van der Waals surface area contributed by atoms with Crippen LogP contribution in [0.15, 0.2) is 103 Å². The number of aromatic nitrogens is 2. The van der Waals surface area contributed by atoms with Crippen molar-refractivity contribution < 1.29 is 18.4 Å². The summed E-state index contributed by atoms with van der Waals surface area (Å²) in [4.78, 5) is 39.4. The summed E-state index contributed by atoms with van der Waals surface area (Å²) in [6, 6.07) is 31.4. The lowest BCUT2D eigenvalue weighted by molar-refractivity contribution is -0.112. The van der Waals surface area contributed by atoms with E-state index in [1.165, 1.54) is 0 Å². The molecule has 1 amide bonds. The monoisotopic (exact) mass is 832 g/mol. The van der Waals surface area contributed by atoms with Gasteiger partial charge in [0.05, 0.1) is 13.2 Å². The van der Waals surface area contributed by atoms with Gasteiger partial charge in [0.1, 0.15) is 17.3 Å². The van der Waals surface area contributed by atoms with E-state index in [1.54, 1.807) is 4.40 Å². The molecule has 0 radical (unpaired) electrons. The lowest BCUT2D eigenvalue weighted by Gasteiger charge is -2.38. The van der Waals surface area contributed by atoms with Crippen LogP contribution < -0.4 is 20.0 Å².